The van der Waals surface area contributed by atoms with Crippen LogP contribution in [0.3, 0.4) is 0 Å². The maximum atomic E-state index is 12.0. The first-order chi connectivity index (χ1) is 20.4. The number of anilines is 3. The van der Waals surface area contributed by atoms with E-state index in [1.54, 1.807) is 12.3 Å². The highest BCUT2D eigenvalue weighted by molar-refractivity contribution is 5.96. The molecule has 3 aromatic carbocycles. The van der Waals surface area contributed by atoms with E-state index in [1.165, 1.54) is 0 Å². The Morgan fingerprint density at radius 3 is 2.71 bits per heavy atom. The van der Waals surface area contributed by atoms with Crippen LogP contribution in [0, 0.1) is 18.3 Å². The molecule has 5 aromatic rings. The summed E-state index contributed by atoms with van der Waals surface area (Å²) in [6.07, 6.45) is 7.51. The van der Waals surface area contributed by atoms with Gasteiger partial charge in [-0.25, -0.2) is 9.97 Å². The second-order valence-electron chi connectivity index (χ2n) is 10.1. The van der Waals surface area contributed by atoms with Gasteiger partial charge in [-0.05, 0) is 56.4 Å². The summed E-state index contributed by atoms with van der Waals surface area (Å²) in [5, 5.41) is 17.5. The molecule has 9 nitrogen and oxygen atoms in total. The first-order valence-corrected chi connectivity index (χ1v) is 13.5. The highest BCUT2D eigenvalue weighted by atomic mass is 16.1. The molecule has 1 amide bonds. The van der Waals surface area contributed by atoms with Crippen molar-refractivity contribution in [2.45, 2.75) is 13.0 Å². The molecular weight excluding hydrogens is 524 g/mol. The van der Waals surface area contributed by atoms with Crippen LogP contribution in [-0.2, 0) is 0 Å². The van der Waals surface area contributed by atoms with Crippen molar-refractivity contribution in [3.8, 4) is 17.3 Å². The highest BCUT2D eigenvalue weighted by Gasteiger charge is 2.17. The first kappa shape index (κ1) is 28.1. The molecule has 0 aliphatic rings. The zero-order chi connectivity index (χ0) is 29.6. The molecule has 5 N–H and O–H groups in total. The van der Waals surface area contributed by atoms with Gasteiger partial charge < -0.3 is 21.4 Å². The summed E-state index contributed by atoms with van der Waals surface area (Å²) in [5.74, 6) is -0.0466. The third kappa shape index (κ3) is 5.99. The number of nitrogens with two attached hydrogens (primary N) is 1. The lowest BCUT2D eigenvalue weighted by Gasteiger charge is -2.23. The fraction of sp³-hybridized carbons (Fsp3) is 0.152. The monoisotopic (exact) mass is 556 g/mol. The number of para-hydroxylation sites is 1. The van der Waals surface area contributed by atoms with Crippen LogP contribution >= 0.6 is 0 Å². The molecule has 0 aliphatic heterocycles. The van der Waals surface area contributed by atoms with Gasteiger partial charge in [0.25, 0.3) is 0 Å². The topological polar surface area (TPSA) is 136 Å². The summed E-state index contributed by atoms with van der Waals surface area (Å²) in [5.41, 5.74) is 12.6. The fourth-order valence-electron chi connectivity index (χ4n) is 4.92. The Labute approximate surface area is 244 Å². The summed E-state index contributed by atoms with van der Waals surface area (Å²) >= 11 is 0. The number of hydrogen-bond donors (Lipinski definition) is 4. The molecule has 0 spiro atoms. The standard InChI is InChI=1S/C33H32N8O/c1-21-14-15-23(17-29(21)36-16-8-13-30(41(2)3)25-10-4-5-11-26(25)32(35)42)39-33-38-19-22(18-34)31(40-33)27-20-37-28-12-7-6-9-24(27)28/h4-15,17,19-20,30,36-37H,16H2,1-3H3,(H2,35,42)(H,38,39,40)/b13-8+. The van der Waals surface area contributed by atoms with Crippen LogP contribution in [0.4, 0.5) is 17.3 Å². The van der Waals surface area contributed by atoms with E-state index in [-0.39, 0.29) is 6.04 Å². The van der Waals surface area contributed by atoms with Gasteiger partial charge in [0.1, 0.15) is 6.07 Å². The smallest absolute Gasteiger partial charge is 0.249 e. The second-order valence-corrected chi connectivity index (χ2v) is 10.1. The van der Waals surface area contributed by atoms with Crippen LogP contribution in [0.15, 0.2) is 91.3 Å². The van der Waals surface area contributed by atoms with Gasteiger partial charge in [0.2, 0.25) is 11.9 Å². The molecule has 1 unspecified atom stereocenters. The zero-order valence-electron chi connectivity index (χ0n) is 23.7. The van der Waals surface area contributed by atoms with Crippen LogP contribution in [-0.4, -0.2) is 46.4 Å². The van der Waals surface area contributed by atoms with Crippen molar-refractivity contribution in [3.05, 3.63) is 114 Å². The molecular formula is C33H32N8O. The predicted molar refractivity (Wildman–Crippen MR) is 168 cm³/mol. The Morgan fingerprint density at radius 1 is 1.14 bits per heavy atom. The van der Waals surface area contributed by atoms with Crippen LogP contribution < -0.4 is 16.4 Å². The van der Waals surface area contributed by atoms with Gasteiger partial charge in [-0.3, -0.25) is 9.69 Å². The molecule has 0 saturated heterocycles. The summed E-state index contributed by atoms with van der Waals surface area (Å²) in [7, 11) is 3.93. The first-order valence-electron chi connectivity index (χ1n) is 13.5. The number of H-pyrrole nitrogens is 1. The minimum Gasteiger partial charge on any atom is -0.381 e. The van der Waals surface area contributed by atoms with E-state index in [4.69, 9.17) is 10.7 Å². The van der Waals surface area contributed by atoms with E-state index in [0.717, 1.165) is 39.0 Å². The van der Waals surface area contributed by atoms with Crippen molar-refractivity contribution in [2.24, 2.45) is 5.73 Å². The lowest BCUT2D eigenvalue weighted by molar-refractivity contribution is 0.0998. The average Bonchev–Trinajstić information content (AvgIpc) is 3.42. The van der Waals surface area contributed by atoms with Crippen molar-refractivity contribution < 1.29 is 4.79 Å². The maximum absolute atomic E-state index is 12.0. The molecule has 42 heavy (non-hydrogen) atoms. The van der Waals surface area contributed by atoms with Crippen molar-refractivity contribution in [1.82, 2.24) is 19.9 Å². The zero-order valence-corrected chi connectivity index (χ0v) is 23.7. The number of nitrogens with one attached hydrogen (secondary N) is 3. The average molecular weight is 557 g/mol. The number of fused-ring (bicyclic) bond motifs is 1. The van der Waals surface area contributed by atoms with Crippen LogP contribution in [0.5, 0.6) is 0 Å². The number of benzene rings is 3. The van der Waals surface area contributed by atoms with Crippen molar-refractivity contribution in [1.29, 1.82) is 5.26 Å². The van der Waals surface area contributed by atoms with Gasteiger partial charge in [-0.15, -0.1) is 0 Å². The van der Waals surface area contributed by atoms with Crippen molar-refractivity contribution >= 4 is 34.1 Å². The van der Waals surface area contributed by atoms with E-state index >= 15 is 0 Å². The SMILES string of the molecule is Cc1ccc(Nc2ncc(C#N)c(-c3c[nH]c4ccccc34)n2)cc1NC/C=C/C(c1ccccc1C(N)=O)N(C)C. The van der Waals surface area contributed by atoms with Crippen molar-refractivity contribution in [2.75, 3.05) is 31.3 Å². The number of amides is 1. The Morgan fingerprint density at radius 2 is 1.93 bits per heavy atom. The number of hydrogen-bond acceptors (Lipinski definition) is 7. The summed E-state index contributed by atoms with van der Waals surface area (Å²) in [6.45, 7) is 2.61. The molecule has 5 rings (SSSR count). The molecule has 0 bridgehead atoms. The van der Waals surface area contributed by atoms with Gasteiger partial charge in [0, 0.05) is 46.1 Å². The number of nitriles is 1. The number of carbonyl (C=O) groups excluding carboxylic acids is 1. The second kappa shape index (κ2) is 12.4. The normalized spacial score (nSPS) is 12.0. The highest BCUT2D eigenvalue weighted by Crippen LogP contribution is 2.31. The van der Waals surface area contributed by atoms with Gasteiger partial charge in [-0.1, -0.05) is 54.6 Å². The summed E-state index contributed by atoms with van der Waals surface area (Å²) in [6, 6.07) is 23.4. The lowest BCUT2D eigenvalue weighted by Crippen LogP contribution is -2.23. The minimum atomic E-state index is -0.441. The largest absolute Gasteiger partial charge is 0.381 e. The third-order valence-electron chi connectivity index (χ3n) is 7.08. The molecule has 0 aliphatic carbocycles. The predicted octanol–water partition coefficient (Wildman–Crippen LogP) is 5.92. The molecule has 2 aromatic heterocycles. The third-order valence-corrected chi connectivity index (χ3v) is 7.08. The van der Waals surface area contributed by atoms with Gasteiger partial charge in [0.05, 0.1) is 23.5 Å². The molecule has 1 atom stereocenters. The van der Waals surface area contributed by atoms with E-state index in [0.29, 0.717) is 29.3 Å². The van der Waals surface area contributed by atoms with Gasteiger partial charge in [-0.2, -0.15) is 5.26 Å². The number of likely N-dealkylation sites (N-methyl/N-ethyl adjacent to an activating group) is 1. The summed E-state index contributed by atoms with van der Waals surface area (Å²) < 4.78 is 0. The van der Waals surface area contributed by atoms with Crippen LogP contribution in [0.1, 0.15) is 33.1 Å². The lowest BCUT2D eigenvalue weighted by atomic mass is 9.98. The van der Waals surface area contributed by atoms with E-state index < -0.39 is 5.91 Å². The van der Waals surface area contributed by atoms with Gasteiger partial charge in [0.15, 0.2) is 0 Å². The quantitative estimate of drug-likeness (QED) is 0.157. The Hall–Kier alpha value is -5.46. The molecule has 2 heterocycles. The Bertz CT molecular complexity index is 1810. The molecule has 210 valence electrons. The number of carbonyl (C=O) groups is 1. The number of aromatic nitrogens is 3. The van der Waals surface area contributed by atoms with E-state index in [2.05, 4.69) is 32.7 Å². The fourth-order valence-corrected chi connectivity index (χ4v) is 4.92. The Balaban J connectivity index is 1.33. The number of primary amides is 1. The minimum absolute atomic E-state index is 0.107. The van der Waals surface area contributed by atoms with E-state index in [1.807, 2.05) is 98.9 Å². The Kier molecular flexibility index (Phi) is 8.27. The molecule has 0 radical (unpaired) electrons. The van der Waals surface area contributed by atoms with Gasteiger partial charge >= 0.3 is 0 Å². The molecule has 9 heteroatoms. The summed E-state index contributed by atoms with van der Waals surface area (Å²) in [4.78, 5) is 26.3. The number of nitrogens with zero attached hydrogens (tertiary/aromatic N) is 4. The molecule has 0 fully saturated rings. The van der Waals surface area contributed by atoms with Crippen LogP contribution in [0.2, 0.25) is 0 Å². The number of aromatic amines is 1. The maximum Gasteiger partial charge on any atom is 0.249 e. The van der Waals surface area contributed by atoms with Crippen molar-refractivity contribution in [3.63, 3.8) is 0 Å². The van der Waals surface area contributed by atoms with Crippen LogP contribution in [0.25, 0.3) is 22.2 Å². The number of rotatable bonds is 10. The van der Waals surface area contributed by atoms with E-state index in [9.17, 15) is 10.1 Å². The number of aryl methyl sites for hydroxylation is 1. The molecule has 0 saturated carbocycles.